The molecule has 8 nitrogen and oxygen atoms in total. The average molecular weight is 480 g/mol. The molecular weight excluding hydrogens is 450 g/mol. The van der Waals surface area contributed by atoms with Crippen LogP contribution in [0.3, 0.4) is 0 Å². The van der Waals surface area contributed by atoms with Crippen LogP contribution in [0.1, 0.15) is 44.9 Å². The minimum atomic E-state index is -2.27. The van der Waals surface area contributed by atoms with E-state index in [9.17, 15) is 9.59 Å². The molecule has 0 fully saturated rings. The van der Waals surface area contributed by atoms with Gasteiger partial charge in [0.15, 0.2) is 12.2 Å². The van der Waals surface area contributed by atoms with Gasteiger partial charge in [-0.3, -0.25) is 0 Å². The number of halogens is 1. The van der Waals surface area contributed by atoms with E-state index in [0.29, 0.717) is 5.02 Å². The van der Waals surface area contributed by atoms with Crippen molar-refractivity contribution in [2.75, 3.05) is 0 Å². The van der Waals surface area contributed by atoms with E-state index in [1.54, 1.807) is 0 Å². The smallest absolute Gasteiger partial charge is 0.335 e. The highest BCUT2D eigenvalue weighted by Gasteiger charge is 2.36. The summed E-state index contributed by atoms with van der Waals surface area (Å²) >= 11 is 6.36. The third-order valence-corrected chi connectivity index (χ3v) is 5.69. The molecule has 0 unspecified atom stereocenters. The van der Waals surface area contributed by atoms with E-state index in [4.69, 9.17) is 42.5 Å². The zero-order valence-corrected chi connectivity index (χ0v) is 19.7. The van der Waals surface area contributed by atoms with Gasteiger partial charge >= 0.3 is 11.9 Å². The van der Waals surface area contributed by atoms with Gasteiger partial charge < -0.3 is 30.9 Å². The number of rotatable bonds is 6. The number of aliphatic hydroxyl groups is 2. The Bertz CT molecular complexity index is 1000. The van der Waals surface area contributed by atoms with Crippen molar-refractivity contribution < 1.29 is 34.8 Å². The lowest BCUT2D eigenvalue weighted by molar-refractivity contribution is -0.165. The number of carboxylic acid groups (broad SMARTS) is 2. The van der Waals surface area contributed by atoms with E-state index in [-0.39, 0.29) is 17.6 Å². The quantitative estimate of drug-likeness (QED) is 0.423. The van der Waals surface area contributed by atoms with Crippen molar-refractivity contribution in [2.45, 2.75) is 58.5 Å². The maximum atomic E-state index is 9.77. The molecule has 0 aromatic heterocycles. The van der Waals surface area contributed by atoms with Gasteiger partial charge in [0, 0.05) is 6.04 Å². The summed E-state index contributed by atoms with van der Waals surface area (Å²) < 4.78 is 5.70. The molecule has 0 amide bonds. The highest BCUT2D eigenvalue weighted by molar-refractivity contribution is 6.32. The number of aliphatic carboxylic acids is 2. The molecule has 0 spiro atoms. The highest BCUT2D eigenvalue weighted by Crippen LogP contribution is 2.44. The van der Waals surface area contributed by atoms with Crippen LogP contribution in [-0.4, -0.2) is 50.7 Å². The Labute approximate surface area is 197 Å². The molecule has 3 rings (SSSR count). The van der Waals surface area contributed by atoms with Gasteiger partial charge in [-0.05, 0) is 60.1 Å². The van der Waals surface area contributed by atoms with E-state index >= 15 is 0 Å². The van der Waals surface area contributed by atoms with Crippen LogP contribution < -0.4 is 10.5 Å². The molecule has 0 saturated heterocycles. The second-order valence-electron chi connectivity index (χ2n) is 8.93. The minimum absolute atomic E-state index is 0.108. The number of hydrogen-bond donors (Lipinski definition) is 5. The second-order valence-corrected chi connectivity index (χ2v) is 9.34. The molecular formula is C24H30ClNO7. The highest BCUT2D eigenvalue weighted by atomic mass is 35.5. The van der Waals surface area contributed by atoms with E-state index in [2.05, 4.69) is 38.1 Å². The molecule has 2 aromatic carbocycles. The molecule has 33 heavy (non-hydrogen) atoms. The van der Waals surface area contributed by atoms with Crippen molar-refractivity contribution in [1.29, 1.82) is 0 Å². The van der Waals surface area contributed by atoms with Crippen molar-refractivity contribution in [3.05, 3.63) is 52.5 Å². The zero-order chi connectivity index (χ0) is 25.1. The molecule has 0 saturated carbocycles. The lowest BCUT2D eigenvalue weighted by atomic mass is 9.86. The SMILES string of the molecule is CC(C)Oc1ccc(-c2ccc3c(c2)CC(C)(C)[C@H]3N)cc1Cl.O=C(O)[C@@H](O)[C@H](O)C(=O)O. The third-order valence-electron chi connectivity index (χ3n) is 5.40. The van der Waals surface area contributed by atoms with Gasteiger partial charge in [-0.2, -0.15) is 0 Å². The molecule has 0 heterocycles. The van der Waals surface area contributed by atoms with E-state index in [1.807, 2.05) is 26.0 Å². The van der Waals surface area contributed by atoms with Gasteiger partial charge in [0.2, 0.25) is 0 Å². The molecule has 3 atom stereocenters. The lowest BCUT2D eigenvalue weighted by Gasteiger charge is -2.23. The summed E-state index contributed by atoms with van der Waals surface area (Å²) in [5, 5.41) is 33.2. The fraction of sp³-hybridized carbons (Fsp3) is 0.417. The molecule has 1 aliphatic carbocycles. The fourth-order valence-corrected chi connectivity index (χ4v) is 3.79. The van der Waals surface area contributed by atoms with Crippen LogP contribution >= 0.6 is 11.6 Å². The summed E-state index contributed by atoms with van der Waals surface area (Å²) in [6, 6.07) is 12.6. The monoisotopic (exact) mass is 479 g/mol. The Morgan fingerprint density at radius 2 is 1.55 bits per heavy atom. The number of aliphatic hydroxyl groups excluding tert-OH is 2. The fourth-order valence-electron chi connectivity index (χ4n) is 3.56. The van der Waals surface area contributed by atoms with Crippen LogP contribution in [-0.2, 0) is 16.0 Å². The van der Waals surface area contributed by atoms with Gasteiger partial charge in [-0.15, -0.1) is 0 Å². The largest absolute Gasteiger partial charge is 0.489 e. The van der Waals surface area contributed by atoms with Crippen LogP contribution in [0.2, 0.25) is 5.02 Å². The molecule has 1 aliphatic rings. The van der Waals surface area contributed by atoms with Gasteiger partial charge in [-0.1, -0.05) is 49.7 Å². The first-order chi connectivity index (χ1) is 15.2. The summed E-state index contributed by atoms with van der Waals surface area (Å²) in [7, 11) is 0. The second kappa shape index (κ2) is 10.5. The van der Waals surface area contributed by atoms with Gasteiger partial charge in [0.25, 0.3) is 0 Å². The van der Waals surface area contributed by atoms with Crippen molar-refractivity contribution in [1.82, 2.24) is 0 Å². The first-order valence-electron chi connectivity index (χ1n) is 10.4. The number of benzene rings is 2. The Morgan fingerprint density at radius 1 is 1.03 bits per heavy atom. The summed E-state index contributed by atoms with van der Waals surface area (Å²) in [6.45, 7) is 8.45. The summed E-state index contributed by atoms with van der Waals surface area (Å²) in [5.41, 5.74) is 11.4. The molecule has 6 N–H and O–H groups in total. The molecule has 9 heteroatoms. The van der Waals surface area contributed by atoms with E-state index in [0.717, 1.165) is 17.7 Å². The maximum absolute atomic E-state index is 9.77. The van der Waals surface area contributed by atoms with Crippen LogP contribution in [0.4, 0.5) is 0 Å². The number of nitrogens with two attached hydrogens (primary N) is 1. The molecule has 0 aliphatic heterocycles. The maximum Gasteiger partial charge on any atom is 0.335 e. The number of hydrogen-bond acceptors (Lipinski definition) is 6. The summed E-state index contributed by atoms with van der Waals surface area (Å²) in [6.07, 6.45) is -3.41. The summed E-state index contributed by atoms with van der Waals surface area (Å²) in [5.74, 6) is -2.81. The molecule has 180 valence electrons. The van der Waals surface area contributed by atoms with Crippen LogP contribution in [0, 0.1) is 5.41 Å². The normalized spacial score (nSPS) is 18.0. The third kappa shape index (κ3) is 6.45. The van der Waals surface area contributed by atoms with Gasteiger partial charge in [0.1, 0.15) is 5.75 Å². The van der Waals surface area contributed by atoms with E-state index in [1.165, 1.54) is 16.7 Å². The Kier molecular flexibility index (Phi) is 8.48. The van der Waals surface area contributed by atoms with Crippen LogP contribution in [0.5, 0.6) is 5.75 Å². The topological polar surface area (TPSA) is 150 Å². The summed E-state index contributed by atoms with van der Waals surface area (Å²) in [4.78, 5) is 19.5. The minimum Gasteiger partial charge on any atom is -0.489 e. The lowest BCUT2D eigenvalue weighted by Crippen LogP contribution is -2.39. The van der Waals surface area contributed by atoms with Crippen molar-refractivity contribution in [3.8, 4) is 16.9 Å². The Morgan fingerprint density at radius 3 is 2.03 bits per heavy atom. The Hall–Kier alpha value is -2.65. The number of carbonyl (C=O) groups is 2. The molecule has 2 aromatic rings. The number of ether oxygens (including phenoxy) is 1. The number of carboxylic acids is 2. The first-order valence-corrected chi connectivity index (χ1v) is 10.8. The predicted molar refractivity (Wildman–Crippen MR) is 124 cm³/mol. The predicted octanol–water partition coefficient (Wildman–Crippen LogP) is 3.25. The van der Waals surface area contributed by atoms with Gasteiger partial charge in [0.05, 0.1) is 11.1 Å². The van der Waals surface area contributed by atoms with Crippen molar-refractivity contribution >= 4 is 23.5 Å². The number of fused-ring (bicyclic) bond motifs is 1. The average Bonchev–Trinajstić information content (AvgIpc) is 2.96. The van der Waals surface area contributed by atoms with Crippen LogP contribution in [0.25, 0.3) is 11.1 Å². The zero-order valence-electron chi connectivity index (χ0n) is 18.9. The van der Waals surface area contributed by atoms with Gasteiger partial charge in [-0.25, -0.2) is 9.59 Å². The first kappa shape index (κ1) is 26.6. The molecule has 0 bridgehead atoms. The van der Waals surface area contributed by atoms with E-state index < -0.39 is 24.1 Å². The van der Waals surface area contributed by atoms with Crippen molar-refractivity contribution in [2.24, 2.45) is 11.1 Å². The van der Waals surface area contributed by atoms with Crippen molar-refractivity contribution in [3.63, 3.8) is 0 Å². The standard InChI is InChI=1S/C20H24ClNO.C4H6O6/c1-12(2)23-18-8-6-14(10-17(18)21)13-5-7-16-15(9-13)11-20(3,4)19(16)22;5-1(3(7)8)2(6)4(9)10/h5-10,12,19H,11,22H2,1-4H3;1-2,5-6H,(H,7,8)(H,9,10)/t19-;1-,2-/m00/s1. The van der Waals surface area contributed by atoms with Crippen LogP contribution in [0.15, 0.2) is 36.4 Å². The Balaban J connectivity index is 0.000000328. The molecule has 0 radical (unpaired) electrons.